The van der Waals surface area contributed by atoms with E-state index in [-0.39, 0.29) is 16.5 Å². The van der Waals surface area contributed by atoms with Gasteiger partial charge < -0.3 is 10.5 Å². The number of hydrogen-bond donors (Lipinski definition) is 1. The molecule has 0 saturated heterocycles. The first-order valence-corrected chi connectivity index (χ1v) is 8.29. The molecule has 114 valence electrons. The van der Waals surface area contributed by atoms with Crippen LogP contribution in [0.3, 0.4) is 0 Å². The van der Waals surface area contributed by atoms with Crippen LogP contribution in [0, 0.1) is 5.82 Å². The highest BCUT2D eigenvalue weighted by molar-refractivity contribution is 7.91. The number of nitrogen functional groups attached to an aromatic ring is 1. The van der Waals surface area contributed by atoms with Gasteiger partial charge in [0.05, 0.1) is 7.11 Å². The predicted octanol–water partition coefficient (Wildman–Crippen LogP) is 2.30. The summed E-state index contributed by atoms with van der Waals surface area (Å²) >= 11 is 1.06. The van der Waals surface area contributed by atoms with Crippen molar-refractivity contribution in [2.45, 2.75) is 10.8 Å². The minimum atomic E-state index is -3.63. The van der Waals surface area contributed by atoms with Crippen LogP contribution in [0.2, 0.25) is 0 Å². The maximum Gasteiger partial charge on any atom is 0.252 e. The molecule has 0 aliphatic rings. The summed E-state index contributed by atoms with van der Waals surface area (Å²) in [5.41, 5.74) is 6.48. The normalized spacial score (nSPS) is 11.8. The Morgan fingerprint density at radius 3 is 2.62 bits per heavy atom. The van der Waals surface area contributed by atoms with Crippen molar-refractivity contribution in [1.82, 2.24) is 4.31 Å². The molecule has 2 N–H and O–H groups in total. The molecule has 0 bridgehead atoms. The van der Waals surface area contributed by atoms with Gasteiger partial charge in [0.1, 0.15) is 4.21 Å². The second-order valence-electron chi connectivity index (χ2n) is 4.43. The van der Waals surface area contributed by atoms with Crippen molar-refractivity contribution in [3.8, 4) is 5.75 Å². The molecule has 2 rings (SSSR count). The van der Waals surface area contributed by atoms with Crippen LogP contribution in [-0.2, 0) is 16.6 Å². The van der Waals surface area contributed by atoms with Gasteiger partial charge in [-0.2, -0.15) is 4.31 Å². The first-order chi connectivity index (χ1) is 9.84. The van der Waals surface area contributed by atoms with E-state index in [9.17, 15) is 12.8 Å². The van der Waals surface area contributed by atoms with Crippen molar-refractivity contribution >= 4 is 27.0 Å². The molecule has 2 aromatic rings. The second-order valence-corrected chi connectivity index (χ2v) is 7.61. The molecule has 0 aliphatic heterocycles. The van der Waals surface area contributed by atoms with Crippen molar-refractivity contribution in [2.24, 2.45) is 0 Å². The molecule has 0 radical (unpaired) electrons. The highest BCUT2D eigenvalue weighted by Gasteiger charge is 2.23. The lowest BCUT2D eigenvalue weighted by Gasteiger charge is -2.16. The SMILES string of the molecule is COc1ccc(CN(C)S(=O)(=O)c2cc(N)cs2)cc1F. The molecule has 0 spiro atoms. The molecule has 1 aromatic carbocycles. The molecule has 0 saturated carbocycles. The monoisotopic (exact) mass is 330 g/mol. The van der Waals surface area contributed by atoms with E-state index >= 15 is 0 Å². The van der Waals surface area contributed by atoms with E-state index in [4.69, 9.17) is 10.5 Å². The van der Waals surface area contributed by atoms with Gasteiger partial charge in [-0.15, -0.1) is 11.3 Å². The number of methoxy groups -OCH3 is 1. The van der Waals surface area contributed by atoms with Crippen LogP contribution in [0.15, 0.2) is 33.9 Å². The quantitative estimate of drug-likeness (QED) is 0.913. The summed E-state index contributed by atoms with van der Waals surface area (Å²) in [6, 6.07) is 5.75. The number of rotatable bonds is 5. The average molecular weight is 330 g/mol. The fourth-order valence-corrected chi connectivity index (χ4v) is 4.22. The number of halogens is 1. The molecule has 0 fully saturated rings. The van der Waals surface area contributed by atoms with E-state index in [1.54, 1.807) is 11.4 Å². The van der Waals surface area contributed by atoms with E-state index in [2.05, 4.69) is 0 Å². The van der Waals surface area contributed by atoms with Crippen LogP contribution in [-0.4, -0.2) is 26.9 Å². The fourth-order valence-electron chi connectivity index (χ4n) is 1.77. The van der Waals surface area contributed by atoms with E-state index in [1.807, 2.05) is 0 Å². The molecule has 0 unspecified atom stereocenters. The minimum absolute atomic E-state index is 0.0566. The van der Waals surface area contributed by atoms with Gasteiger partial charge in [0.15, 0.2) is 11.6 Å². The largest absolute Gasteiger partial charge is 0.494 e. The molecular formula is C13H15FN2O3S2. The first-order valence-electron chi connectivity index (χ1n) is 5.97. The maximum absolute atomic E-state index is 13.6. The summed E-state index contributed by atoms with van der Waals surface area (Å²) in [5.74, 6) is -0.406. The summed E-state index contributed by atoms with van der Waals surface area (Å²) in [6.45, 7) is 0.0566. The zero-order valence-electron chi connectivity index (χ0n) is 11.5. The lowest BCUT2D eigenvalue weighted by Crippen LogP contribution is -2.25. The highest BCUT2D eigenvalue weighted by atomic mass is 32.2. The molecule has 5 nitrogen and oxygen atoms in total. The number of anilines is 1. The van der Waals surface area contributed by atoms with Crippen LogP contribution in [0.5, 0.6) is 5.75 Å². The van der Waals surface area contributed by atoms with Crippen molar-refractivity contribution in [2.75, 3.05) is 19.9 Å². The molecule has 1 aromatic heterocycles. The summed E-state index contributed by atoms with van der Waals surface area (Å²) in [7, 11) is -0.818. The molecule has 21 heavy (non-hydrogen) atoms. The smallest absolute Gasteiger partial charge is 0.252 e. The topological polar surface area (TPSA) is 72.6 Å². The van der Waals surface area contributed by atoms with Crippen LogP contribution < -0.4 is 10.5 Å². The van der Waals surface area contributed by atoms with E-state index < -0.39 is 15.8 Å². The van der Waals surface area contributed by atoms with Gasteiger partial charge in [-0.3, -0.25) is 0 Å². The molecule has 1 heterocycles. The molecule has 0 amide bonds. The lowest BCUT2D eigenvalue weighted by atomic mass is 10.2. The maximum atomic E-state index is 13.6. The summed E-state index contributed by atoms with van der Waals surface area (Å²) in [4.78, 5) is 0. The molecule has 0 aliphatic carbocycles. The highest BCUT2D eigenvalue weighted by Crippen LogP contribution is 2.26. The number of nitrogens with two attached hydrogens (primary N) is 1. The second kappa shape index (κ2) is 6.00. The van der Waals surface area contributed by atoms with Gasteiger partial charge in [0, 0.05) is 24.7 Å². The van der Waals surface area contributed by atoms with Gasteiger partial charge in [-0.1, -0.05) is 6.07 Å². The van der Waals surface area contributed by atoms with Crippen molar-refractivity contribution < 1.29 is 17.5 Å². The lowest BCUT2D eigenvalue weighted by molar-refractivity contribution is 0.385. The predicted molar refractivity (Wildman–Crippen MR) is 80.3 cm³/mol. The Hall–Kier alpha value is -1.64. The Morgan fingerprint density at radius 1 is 1.38 bits per heavy atom. The molecule has 0 atom stereocenters. The van der Waals surface area contributed by atoms with Gasteiger partial charge in [-0.05, 0) is 23.8 Å². The summed E-state index contributed by atoms with van der Waals surface area (Å²) in [6.07, 6.45) is 0. The fraction of sp³-hybridized carbons (Fsp3) is 0.231. The zero-order valence-corrected chi connectivity index (χ0v) is 13.2. The van der Waals surface area contributed by atoms with Crippen LogP contribution >= 0.6 is 11.3 Å². The standard InChI is InChI=1S/C13H15FN2O3S2/c1-16(21(17,18)13-6-10(15)8-20-13)7-9-3-4-12(19-2)11(14)5-9/h3-6,8H,7,15H2,1-2H3. The average Bonchev–Trinajstić information content (AvgIpc) is 2.86. The van der Waals surface area contributed by atoms with E-state index in [0.29, 0.717) is 11.3 Å². The van der Waals surface area contributed by atoms with Gasteiger partial charge in [0.2, 0.25) is 0 Å². The van der Waals surface area contributed by atoms with Crippen LogP contribution in [0.1, 0.15) is 5.56 Å². The van der Waals surface area contributed by atoms with Crippen LogP contribution in [0.4, 0.5) is 10.1 Å². The number of nitrogens with zero attached hydrogens (tertiary/aromatic N) is 1. The summed E-state index contributed by atoms with van der Waals surface area (Å²) < 4.78 is 44.4. The van der Waals surface area contributed by atoms with Gasteiger partial charge in [0.25, 0.3) is 10.0 Å². The van der Waals surface area contributed by atoms with Crippen LogP contribution in [0.25, 0.3) is 0 Å². The first kappa shape index (κ1) is 15.7. The number of hydrogen-bond acceptors (Lipinski definition) is 5. The minimum Gasteiger partial charge on any atom is -0.494 e. The Balaban J connectivity index is 2.21. The van der Waals surface area contributed by atoms with E-state index in [0.717, 1.165) is 15.6 Å². The third-order valence-corrected chi connectivity index (χ3v) is 6.12. The van der Waals surface area contributed by atoms with E-state index in [1.165, 1.54) is 32.4 Å². The van der Waals surface area contributed by atoms with Gasteiger partial charge >= 0.3 is 0 Å². The van der Waals surface area contributed by atoms with Crippen molar-refractivity contribution in [3.05, 3.63) is 41.0 Å². The Bertz CT molecular complexity index is 744. The summed E-state index contributed by atoms with van der Waals surface area (Å²) in [5, 5.41) is 1.56. The third kappa shape index (κ3) is 3.34. The van der Waals surface area contributed by atoms with Crippen molar-refractivity contribution in [3.63, 3.8) is 0 Å². The number of thiophene rings is 1. The third-order valence-electron chi connectivity index (χ3n) is 2.88. The van der Waals surface area contributed by atoms with Crippen molar-refractivity contribution in [1.29, 1.82) is 0 Å². The zero-order chi connectivity index (χ0) is 15.6. The number of sulfonamides is 1. The Kier molecular flexibility index (Phi) is 4.50. The van der Waals surface area contributed by atoms with Gasteiger partial charge in [-0.25, -0.2) is 12.8 Å². The number of ether oxygens (including phenoxy) is 1. The molecular weight excluding hydrogens is 315 g/mol. The Morgan fingerprint density at radius 2 is 2.10 bits per heavy atom. The number of benzene rings is 1. The molecule has 8 heteroatoms. The Labute approximate surface area is 126 Å².